The summed E-state index contributed by atoms with van der Waals surface area (Å²) in [7, 11) is -1.72. The summed E-state index contributed by atoms with van der Waals surface area (Å²) in [6.45, 7) is 1.85. The van der Waals surface area contributed by atoms with Gasteiger partial charge >= 0.3 is 0 Å². The molecule has 0 bridgehead atoms. The molecule has 0 amide bonds. The number of ether oxygens (including phenoxy) is 3. The lowest BCUT2D eigenvalue weighted by Crippen LogP contribution is -2.29. The Labute approximate surface area is 131 Å². The van der Waals surface area contributed by atoms with Crippen molar-refractivity contribution in [1.82, 2.24) is 4.72 Å². The summed E-state index contributed by atoms with van der Waals surface area (Å²) < 4.78 is 41.5. The summed E-state index contributed by atoms with van der Waals surface area (Å²) in [5.41, 5.74) is 1.17. The topological polar surface area (TPSA) is 73.9 Å². The maximum atomic E-state index is 11.6. The van der Waals surface area contributed by atoms with Crippen molar-refractivity contribution < 1.29 is 22.6 Å². The van der Waals surface area contributed by atoms with Crippen molar-refractivity contribution in [2.24, 2.45) is 0 Å². The Balaban J connectivity index is 1.69. The molecule has 0 fully saturated rings. The number of aryl methyl sites for hydroxylation is 1. The van der Waals surface area contributed by atoms with Gasteiger partial charge in [-0.2, -0.15) is 0 Å². The van der Waals surface area contributed by atoms with Crippen molar-refractivity contribution >= 4 is 10.0 Å². The molecule has 1 aliphatic heterocycles. The lowest BCUT2D eigenvalue weighted by atomic mass is 10.1. The molecular formula is C15H23NO5S. The quantitative estimate of drug-likeness (QED) is 0.692. The van der Waals surface area contributed by atoms with Crippen LogP contribution in [0, 0.1) is 0 Å². The molecule has 1 N–H and O–H groups in total. The van der Waals surface area contributed by atoms with Gasteiger partial charge in [0, 0.05) is 13.7 Å². The normalized spacial score (nSPS) is 14.0. The number of methoxy groups -OCH3 is 1. The fourth-order valence-corrected chi connectivity index (χ4v) is 3.18. The largest absolute Gasteiger partial charge is 0.486 e. The molecule has 22 heavy (non-hydrogen) atoms. The van der Waals surface area contributed by atoms with Gasteiger partial charge in [-0.15, -0.1) is 0 Å². The third-order valence-electron chi connectivity index (χ3n) is 3.38. The fraction of sp³-hybridized carbons (Fsp3) is 0.600. The highest BCUT2D eigenvalue weighted by Crippen LogP contribution is 2.31. The van der Waals surface area contributed by atoms with Crippen molar-refractivity contribution in [3.8, 4) is 11.5 Å². The summed E-state index contributed by atoms with van der Waals surface area (Å²) in [5.74, 6) is 1.59. The van der Waals surface area contributed by atoms with Gasteiger partial charge in [0.1, 0.15) is 13.2 Å². The van der Waals surface area contributed by atoms with Crippen LogP contribution in [0.4, 0.5) is 0 Å². The standard InChI is InChI=1S/C15H23NO5S/c1-19-10-11-22(17,18)16-7-3-2-4-13-5-6-14-15(12-13)21-9-8-20-14/h5-6,12,16H,2-4,7-11H2,1H3. The Bertz CT molecular complexity index is 573. The van der Waals surface area contributed by atoms with E-state index in [4.69, 9.17) is 14.2 Å². The first-order chi connectivity index (χ1) is 10.6. The lowest BCUT2D eigenvalue weighted by Gasteiger charge is -2.18. The molecule has 0 radical (unpaired) electrons. The smallest absolute Gasteiger partial charge is 0.213 e. The van der Waals surface area contributed by atoms with E-state index in [1.807, 2.05) is 18.2 Å². The van der Waals surface area contributed by atoms with Crippen LogP contribution in [0.3, 0.4) is 0 Å². The minimum atomic E-state index is -3.21. The maximum Gasteiger partial charge on any atom is 0.213 e. The monoisotopic (exact) mass is 329 g/mol. The summed E-state index contributed by atoms with van der Waals surface area (Å²) in [5, 5.41) is 0. The molecule has 0 unspecified atom stereocenters. The van der Waals surface area contributed by atoms with Gasteiger partial charge in [-0.3, -0.25) is 0 Å². The second-order valence-electron chi connectivity index (χ2n) is 5.14. The highest BCUT2D eigenvalue weighted by molar-refractivity contribution is 7.89. The third-order valence-corrected chi connectivity index (χ3v) is 4.73. The summed E-state index contributed by atoms with van der Waals surface area (Å²) in [4.78, 5) is 0. The molecule has 0 saturated carbocycles. The Hall–Kier alpha value is -1.31. The molecule has 2 rings (SSSR count). The molecule has 0 aliphatic carbocycles. The first kappa shape index (κ1) is 17.1. The minimum absolute atomic E-state index is 0.00562. The second-order valence-corrected chi connectivity index (χ2v) is 7.07. The van der Waals surface area contributed by atoms with Crippen LogP contribution in [0.15, 0.2) is 18.2 Å². The molecule has 0 saturated heterocycles. The van der Waals surface area contributed by atoms with E-state index in [1.165, 1.54) is 12.7 Å². The number of hydrogen-bond donors (Lipinski definition) is 1. The fourth-order valence-electron chi connectivity index (χ4n) is 2.19. The first-order valence-electron chi connectivity index (χ1n) is 7.45. The van der Waals surface area contributed by atoms with Crippen LogP contribution in [0.5, 0.6) is 11.5 Å². The summed E-state index contributed by atoms with van der Waals surface area (Å²) in [6, 6.07) is 5.95. The van der Waals surface area contributed by atoms with Crippen LogP contribution >= 0.6 is 0 Å². The molecule has 124 valence electrons. The number of sulfonamides is 1. The average molecular weight is 329 g/mol. The number of fused-ring (bicyclic) bond motifs is 1. The average Bonchev–Trinajstić information content (AvgIpc) is 2.52. The van der Waals surface area contributed by atoms with Gasteiger partial charge in [0.2, 0.25) is 10.0 Å². The summed E-state index contributed by atoms with van der Waals surface area (Å²) >= 11 is 0. The maximum absolute atomic E-state index is 11.6. The highest BCUT2D eigenvalue weighted by Gasteiger charge is 2.12. The van der Waals surface area contributed by atoms with E-state index >= 15 is 0 Å². The van der Waals surface area contributed by atoms with Crippen molar-refractivity contribution in [3.05, 3.63) is 23.8 Å². The third kappa shape index (κ3) is 5.47. The SMILES string of the molecule is COCCS(=O)(=O)NCCCCc1ccc2c(c1)OCCO2. The van der Waals surface area contributed by atoms with Gasteiger partial charge in [0.25, 0.3) is 0 Å². The Morgan fingerprint density at radius 2 is 1.95 bits per heavy atom. The number of unbranched alkanes of at least 4 members (excludes halogenated alkanes) is 1. The number of benzene rings is 1. The van der Waals surface area contributed by atoms with E-state index in [-0.39, 0.29) is 12.4 Å². The van der Waals surface area contributed by atoms with Gasteiger partial charge in [-0.05, 0) is 37.0 Å². The van der Waals surface area contributed by atoms with Gasteiger partial charge < -0.3 is 14.2 Å². The van der Waals surface area contributed by atoms with E-state index in [2.05, 4.69) is 4.72 Å². The first-order valence-corrected chi connectivity index (χ1v) is 9.11. The molecule has 7 heteroatoms. The minimum Gasteiger partial charge on any atom is -0.486 e. The molecule has 6 nitrogen and oxygen atoms in total. The zero-order valence-corrected chi connectivity index (χ0v) is 13.7. The van der Waals surface area contributed by atoms with Crippen LogP contribution in [0.1, 0.15) is 18.4 Å². The van der Waals surface area contributed by atoms with Crippen LogP contribution < -0.4 is 14.2 Å². The van der Waals surface area contributed by atoms with E-state index < -0.39 is 10.0 Å². The van der Waals surface area contributed by atoms with Crippen molar-refractivity contribution in [2.45, 2.75) is 19.3 Å². The van der Waals surface area contributed by atoms with Crippen LogP contribution in [0.2, 0.25) is 0 Å². The highest BCUT2D eigenvalue weighted by atomic mass is 32.2. The van der Waals surface area contributed by atoms with Crippen LogP contribution in [0.25, 0.3) is 0 Å². The molecule has 0 aromatic heterocycles. The van der Waals surface area contributed by atoms with Crippen molar-refractivity contribution in [3.63, 3.8) is 0 Å². The zero-order valence-electron chi connectivity index (χ0n) is 12.8. The van der Waals surface area contributed by atoms with Crippen LogP contribution in [-0.4, -0.2) is 47.6 Å². The Kier molecular flexibility index (Phi) is 6.48. The number of rotatable bonds is 9. The van der Waals surface area contributed by atoms with Gasteiger partial charge in [-0.25, -0.2) is 13.1 Å². The molecule has 1 heterocycles. The second kappa shape index (κ2) is 8.36. The molecule has 0 atom stereocenters. The van der Waals surface area contributed by atoms with Gasteiger partial charge in [0.15, 0.2) is 11.5 Å². The van der Waals surface area contributed by atoms with Gasteiger partial charge in [-0.1, -0.05) is 6.07 Å². The predicted molar refractivity (Wildman–Crippen MR) is 84.0 cm³/mol. The Morgan fingerprint density at radius 3 is 2.73 bits per heavy atom. The molecule has 1 aliphatic rings. The molecule has 1 aromatic rings. The zero-order chi connectivity index (χ0) is 15.8. The predicted octanol–water partition coefficient (Wildman–Crippen LogP) is 1.35. The van der Waals surface area contributed by atoms with Crippen LogP contribution in [-0.2, 0) is 21.2 Å². The summed E-state index contributed by atoms with van der Waals surface area (Å²) in [6.07, 6.45) is 2.59. The van der Waals surface area contributed by atoms with E-state index in [9.17, 15) is 8.42 Å². The van der Waals surface area contributed by atoms with E-state index in [0.717, 1.165) is 30.8 Å². The van der Waals surface area contributed by atoms with Gasteiger partial charge in [0.05, 0.1) is 12.4 Å². The Morgan fingerprint density at radius 1 is 1.18 bits per heavy atom. The van der Waals surface area contributed by atoms with E-state index in [1.54, 1.807) is 0 Å². The lowest BCUT2D eigenvalue weighted by molar-refractivity contribution is 0.171. The molecule has 1 aromatic carbocycles. The molecule has 0 spiro atoms. The van der Waals surface area contributed by atoms with Crippen molar-refractivity contribution in [2.75, 3.05) is 39.2 Å². The number of nitrogens with one attached hydrogen (secondary N) is 1. The molecular weight excluding hydrogens is 306 g/mol. The van der Waals surface area contributed by atoms with Crippen molar-refractivity contribution in [1.29, 1.82) is 0 Å². The number of hydrogen-bond acceptors (Lipinski definition) is 5. The van der Waals surface area contributed by atoms with E-state index in [0.29, 0.717) is 19.8 Å².